The maximum Gasteiger partial charge on any atom is 0.416 e. The first-order valence-corrected chi connectivity index (χ1v) is 6.08. The summed E-state index contributed by atoms with van der Waals surface area (Å²) in [5, 5.41) is 4.08. The molecule has 7 heteroatoms. The zero-order valence-electron chi connectivity index (χ0n) is 10.7. The fourth-order valence-electron chi connectivity index (χ4n) is 1.93. The molecule has 0 amide bonds. The van der Waals surface area contributed by atoms with E-state index >= 15 is 0 Å². The molecular weight excluding hydrogens is 269 g/mol. The summed E-state index contributed by atoms with van der Waals surface area (Å²) < 4.78 is 39.4. The number of halogens is 3. The molecule has 1 aromatic carbocycles. The first-order chi connectivity index (χ1) is 9.41. The summed E-state index contributed by atoms with van der Waals surface area (Å²) in [6.45, 7) is 0.639. The normalized spacial score (nSPS) is 11.8. The molecule has 1 heterocycles. The maximum absolute atomic E-state index is 12.6. The van der Waals surface area contributed by atoms with E-state index in [0.717, 1.165) is 17.7 Å². The molecule has 0 spiro atoms. The van der Waals surface area contributed by atoms with Crippen molar-refractivity contribution < 1.29 is 13.2 Å². The van der Waals surface area contributed by atoms with Crippen molar-refractivity contribution in [2.24, 2.45) is 5.73 Å². The van der Waals surface area contributed by atoms with Gasteiger partial charge in [-0.1, -0.05) is 12.1 Å². The summed E-state index contributed by atoms with van der Waals surface area (Å²) in [5.74, 6) is 0.438. The van der Waals surface area contributed by atoms with E-state index in [1.54, 1.807) is 12.3 Å². The highest BCUT2D eigenvalue weighted by molar-refractivity contribution is 5.39. The van der Waals surface area contributed by atoms with Crippen LogP contribution in [0.1, 0.15) is 16.7 Å². The Bertz CT molecular complexity index is 590. The van der Waals surface area contributed by atoms with Gasteiger partial charge in [0.25, 0.3) is 0 Å². The third-order valence-electron chi connectivity index (χ3n) is 2.96. The van der Waals surface area contributed by atoms with Crippen molar-refractivity contribution in [2.75, 3.05) is 12.3 Å². The third-order valence-corrected chi connectivity index (χ3v) is 2.96. The largest absolute Gasteiger partial charge is 0.416 e. The zero-order chi connectivity index (χ0) is 14.8. The molecule has 0 fully saturated rings. The first kappa shape index (κ1) is 14.4. The molecule has 0 bridgehead atoms. The predicted octanol–water partition coefficient (Wildman–Crippen LogP) is 2.03. The molecule has 0 atom stereocenters. The van der Waals surface area contributed by atoms with Crippen LogP contribution in [0.3, 0.4) is 0 Å². The second-order valence-corrected chi connectivity index (χ2v) is 4.45. The number of benzene rings is 1. The number of nitrogen functional groups attached to an aromatic ring is 1. The summed E-state index contributed by atoms with van der Waals surface area (Å²) in [6.07, 6.45) is -2.17. The van der Waals surface area contributed by atoms with Gasteiger partial charge in [-0.05, 0) is 30.7 Å². The van der Waals surface area contributed by atoms with Crippen molar-refractivity contribution in [3.8, 4) is 0 Å². The van der Waals surface area contributed by atoms with Crippen LogP contribution >= 0.6 is 0 Å². The van der Waals surface area contributed by atoms with Gasteiger partial charge < -0.3 is 11.5 Å². The summed E-state index contributed by atoms with van der Waals surface area (Å²) >= 11 is 0. The van der Waals surface area contributed by atoms with Gasteiger partial charge in [-0.2, -0.15) is 18.3 Å². The van der Waals surface area contributed by atoms with Crippen molar-refractivity contribution in [1.29, 1.82) is 0 Å². The molecule has 108 valence electrons. The number of anilines is 1. The molecule has 0 saturated carbocycles. The van der Waals surface area contributed by atoms with Gasteiger partial charge in [0.15, 0.2) is 0 Å². The molecule has 2 rings (SSSR count). The predicted molar refractivity (Wildman–Crippen MR) is 69.9 cm³/mol. The standard InChI is InChI=1S/C13H15F3N4/c14-13(15,16)11-3-1-2-9(6-11)8-20-12(18)10(4-5-17)7-19-20/h1-3,6-7H,4-5,8,17-18H2. The lowest BCUT2D eigenvalue weighted by molar-refractivity contribution is -0.137. The van der Waals surface area contributed by atoms with Gasteiger partial charge in [0.1, 0.15) is 5.82 Å². The summed E-state index contributed by atoms with van der Waals surface area (Å²) in [4.78, 5) is 0. The quantitative estimate of drug-likeness (QED) is 0.902. The highest BCUT2D eigenvalue weighted by Crippen LogP contribution is 2.29. The monoisotopic (exact) mass is 284 g/mol. The van der Waals surface area contributed by atoms with Gasteiger partial charge in [0, 0.05) is 5.56 Å². The minimum absolute atomic E-state index is 0.195. The number of alkyl halides is 3. The minimum Gasteiger partial charge on any atom is -0.384 e. The molecule has 4 nitrogen and oxygen atoms in total. The SMILES string of the molecule is NCCc1cnn(Cc2cccc(C(F)(F)F)c2)c1N. The Kier molecular flexibility index (Phi) is 3.99. The Balaban J connectivity index is 2.22. The topological polar surface area (TPSA) is 69.9 Å². The third kappa shape index (κ3) is 3.11. The highest BCUT2D eigenvalue weighted by Gasteiger charge is 2.30. The summed E-state index contributed by atoms with van der Waals surface area (Å²) in [7, 11) is 0. The Labute approximate surface area is 114 Å². The molecule has 0 saturated heterocycles. The Morgan fingerprint density at radius 2 is 2.00 bits per heavy atom. The van der Waals surface area contributed by atoms with Crippen LogP contribution in [0.4, 0.5) is 19.0 Å². The van der Waals surface area contributed by atoms with Crippen molar-refractivity contribution in [1.82, 2.24) is 9.78 Å². The fraction of sp³-hybridized carbons (Fsp3) is 0.308. The Morgan fingerprint density at radius 1 is 1.25 bits per heavy atom. The van der Waals surface area contributed by atoms with Crippen LogP contribution in [0.5, 0.6) is 0 Å². The van der Waals surface area contributed by atoms with Crippen LogP contribution < -0.4 is 11.5 Å². The van der Waals surface area contributed by atoms with Crippen LogP contribution in [0.25, 0.3) is 0 Å². The van der Waals surface area contributed by atoms with Crippen LogP contribution in [-0.2, 0) is 19.1 Å². The van der Waals surface area contributed by atoms with E-state index in [1.807, 2.05) is 0 Å². The second kappa shape index (κ2) is 5.54. The zero-order valence-corrected chi connectivity index (χ0v) is 10.7. The van der Waals surface area contributed by atoms with Gasteiger partial charge in [0.2, 0.25) is 0 Å². The Hall–Kier alpha value is -2.02. The average molecular weight is 284 g/mol. The molecule has 0 radical (unpaired) electrons. The van der Waals surface area contributed by atoms with Crippen molar-refractivity contribution in [3.63, 3.8) is 0 Å². The average Bonchev–Trinajstić information content (AvgIpc) is 2.72. The lowest BCUT2D eigenvalue weighted by Gasteiger charge is -2.10. The van der Waals surface area contributed by atoms with Gasteiger partial charge >= 0.3 is 6.18 Å². The molecule has 4 N–H and O–H groups in total. The fourth-order valence-corrected chi connectivity index (χ4v) is 1.93. The van der Waals surface area contributed by atoms with E-state index in [0.29, 0.717) is 24.3 Å². The van der Waals surface area contributed by atoms with E-state index in [1.165, 1.54) is 10.7 Å². The second-order valence-electron chi connectivity index (χ2n) is 4.45. The number of rotatable bonds is 4. The highest BCUT2D eigenvalue weighted by atomic mass is 19.4. The molecular formula is C13H15F3N4. The van der Waals surface area contributed by atoms with Gasteiger partial charge in [-0.15, -0.1) is 0 Å². The van der Waals surface area contributed by atoms with Crippen LogP contribution in [0, 0.1) is 0 Å². The lowest BCUT2D eigenvalue weighted by Crippen LogP contribution is -2.10. The van der Waals surface area contributed by atoms with E-state index in [4.69, 9.17) is 11.5 Å². The number of aromatic nitrogens is 2. The van der Waals surface area contributed by atoms with Crippen LogP contribution in [0.15, 0.2) is 30.5 Å². The van der Waals surface area contributed by atoms with Gasteiger partial charge in [-0.25, -0.2) is 4.68 Å². The van der Waals surface area contributed by atoms with Gasteiger partial charge in [-0.3, -0.25) is 0 Å². The van der Waals surface area contributed by atoms with Crippen molar-refractivity contribution >= 4 is 5.82 Å². The molecule has 1 aromatic heterocycles. The van der Waals surface area contributed by atoms with E-state index in [9.17, 15) is 13.2 Å². The van der Waals surface area contributed by atoms with Crippen LogP contribution in [0.2, 0.25) is 0 Å². The lowest BCUT2D eigenvalue weighted by atomic mass is 10.1. The molecule has 0 aliphatic rings. The molecule has 0 aliphatic heterocycles. The van der Waals surface area contributed by atoms with Crippen LogP contribution in [-0.4, -0.2) is 16.3 Å². The van der Waals surface area contributed by atoms with Crippen molar-refractivity contribution in [3.05, 3.63) is 47.2 Å². The first-order valence-electron chi connectivity index (χ1n) is 6.08. The molecule has 2 aromatic rings. The Morgan fingerprint density at radius 3 is 2.65 bits per heavy atom. The van der Waals surface area contributed by atoms with Gasteiger partial charge in [0.05, 0.1) is 18.3 Å². The number of hydrogen-bond acceptors (Lipinski definition) is 3. The van der Waals surface area contributed by atoms with E-state index < -0.39 is 11.7 Å². The molecule has 0 unspecified atom stereocenters. The smallest absolute Gasteiger partial charge is 0.384 e. The van der Waals surface area contributed by atoms with Crippen molar-refractivity contribution in [2.45, 2.75) is 19.1 Å². The summed E-state index contributed by atoms with van der Waals surface area (Å²) in [5.41, 5.74) is 11.9. The number of nitrogens with zero attached hydrogens (tertiary/aromatic N) is 2. The number of nitrogens with two attached hydrogens (primary N) is 2. The van der Waals surface area contributed by atoms with E-state index in [2.05, 4.69) is 5.10 Å². The molecule has 20 heavy (non-hydrogen) atoms. The minimum atomic E-state index is -4.35. The summed E-state index contributed by atoms with van der Waals surface area (Å²) in [6, 6.07) is 5.12. The number of hydrogen-bond donors (Lipinski definition) is 2. The maximum atomic E-state index is 12.6. The van der Waals surface area contributed by atoms with E-state index in [-0.39, 0.29) is 6.54 Å². The molecule has 0 aliphatic carbocycles.